The Balaban J connectivity index is 1.56. The van der Waals surface area contributed by atoms with E-state index in [1.54, 1.807) is 24.3 Å². The SMILES string of the molecule is Cc1ccc(OCC(=O)Oc2ccccc2C(=O)OCCc2ccccc2)c(C)c1. The molecule has 5 nitrogen and oxygen atoms in total. The van der Waals surface area contributed by atoms with Gasteiger partial charge in [-0.2, -0.15) is 0 Å². The molecule has 3 rings (SSSR count). The van der Waals surface area contributed by atoms with Crippen molar-refractivity contribution in [1.29, 1.82) is 0 Å². The smallest absolute Gasteiger partial charge is 0.349 e. The minimum atomic E-state index is -0.598. The first-order valence-electron chi connectivity index (χ1n) is 9.74. The Kier molecular flexibility index (Phi) is 7.22. The monoisotopic (exact) mass is 404 g/mol. The fourth-order valence-corrected chi connectivity index (χ4v) is 2.96. The van der Waals surface area contributed by atoms with Gasteiger partial charge in [0, 0.05) is 6.42 Å². The van der Waals surface area contributed by atoms with Crippen LogP contribution >= 0.6 is 0 Å². The fourth-order valence-electron chi connectivity index (χ4n) is 2.96. The van der Waals surface area contributed by atoms with Crippen LogP contribution in [-0.2, 0) is 16.0 Å². The second-order valence-corrected chi connectivity index (χ2v) is 6.90. The van der Waals surface area contributed by atoms with Crippen LogP contribution in [0.4, 0.5) is 0 Å². The summed E-state index contributed by atoms with van der Waals surface area (Å²) in [5.74, 6) is -0.369. The summed E-state index contributed by atoms with van der Waals surface area (Å²) in [5.41, 5.74) is 3.33. The third-order valence-electron chi connectivity index (χ3n) is 4.47. The maximum Gasteiger partial charge on any atom is 0.349 e. The van der Waals surface area contributed by atoms with E-state index < -0.39 is 11.9 Å². The molecule has 3 aromatic rings. The first-order chi connectivity index (χ1) is 14.5. The van der Waals surface area contributed by atoms with Gasteiger partial charge in [0.25, 0.3) is 0 Å². The predicted octanol–water partition coefficient (Wildman–Crippen LogP) is 4.69. The average Bonchev–Trinajstić information content (AvgIpc) is 2.74. The van der Waals surface area contributed by atoms with E-state index in [4.69, 9.17) is 14.2 Å². The molecule has 3 aromatic carbocycles. The van der Waals surface area contributed by atoms with Gasteiger partial charge in [-0.25, -0.2) is 9.59 Å². The molecule has 0 saturated carbocycles. The van der Waals surface area contributed by atoms with E-state index in [9.17, 15) is 9.59 Å². The van der Waals surface area contributed by atoms with E-state index in [0.29, 0.717) is 12.2 Å². The highest BCUT2D eigenvalue weighted by atomic mass is 16.6. The third kappa shape index (κ3) is 5.95. The van der Waals surface area contributed by atoms with Gasteiger partial charge in [0.15, 0.2) is 6.61 Å². The van der Waals surface area contributed by atoms with Crippen LogP contribution in [-0.4, -0.2) is 25.2 Å². The molecule has 0 fully saturated rings. The Morgan fingerprint density at radius 1 is 0.833 bits per heavy atom. The number of benzene rings is 3. The summed E-state index contributed by atoms with van der Waals surface area (Å²) >= 11 is 0. The number of hydrogen-bond acceptors (Lipinski definition) is 5. The van der Waals surface area contributed by atoms with Crippen molar-refractivity contribution in [3.8, 4) is 11.5 Å². The van der Waals surface area contributed by atoms with Gasteiger partial charge < -0.3 is 14.2 Å². The molecule has 30 heavy (non-hydrogen) atoms. The summed E-state index contributed by atoms with van der Waals surface area (Å²) in [6, 6.07) is 22.0. The molecular weight excluding hydrogens is 380 g/mol. The summed E-state index contributed by atoms with van der Waals surface area (Å²) < 4.78 is 16.3. The average molecular weight is 404 g/mol. The Labute approximate surface area is 176 Å². The minimum absolute atomic E-state index is 0.149. The van der Waals surface area contributed by atoms with Gasteiger partial charge in [-0.15, -0.1) is 0 Å². The van der Waals surface area contributed by atoms with Crippen LogP contribution in [0, 0.1) is 13.8 Å². The predicted molar refractivity (Wildman–Crippen MR) is 114 cm³/mol. The summed E-state index contributed by atoms with van der Waals surface area (Å²) in [6.45, 7) is 3.87. The molecular formula is C25H24O5. The van der Waals surface area contributed by atoms with Gasteiger partial charge in [-0.3, -0.25) is 0 Å². The molecule has 5 heteroatoms. The van der Waals surface area contributed by atoms with E-state index >= 15 is 0 Å². The maximum absolute atomic E-state index is 12.4. The summed E-state index contributed by atoms with van der Waals surface area (Å²) in [6.07, 6.45) is 0.609. The molecule has 0 aliphatic heterocycles. The van der Waals surface area contributed by atoms with Crippen molar-refractivity contribution in [3.05, 3.63) is 95.1 Å². The lowest BCUT2D eigenvalue weighted by atomic mass is 10.1. The molecule has 0 atom stereocenters. The van der Waals surface area contributed by atoms with Crippen molar-refractivity contribution in [1.82, 2.24) is 0 Å². The van der Waals surface area contributed by atoms with Crippen molar-refractivity contribution < 1.29 is 23.8 Å². The number of aryl methyl sites for hydroxylation is 2. The first-order valence-corrected chi connectivity index (χ1v) is 9.74. The van der Waals surface area contributed by atoms with Gasteiger partial charge in [0.1, 0.15) is 17.1 Å². The highest BCUT2D eigenvalue weighted by Gasteiger charge is 2.17. The summed E-state index contributed by atoms with van der Waals surface area (Å²) in [7, 11) is 0. The van der Waals surface area contributed by atoms with Gasteiger partial charge in [-0.1, -0.05) is 60.2 Å². The lowest BCUT2D eigenvalue weighted by Crippen LogP contribution is -2.20. The van der Waals surface area contributed by atoms with Crippen molar-refractivity contribution in [3.63, 3.8) is 0 Å². The zero-order valence-corrected chi connectivity index (χ0v) is 17.1. The molecule has 0 N–H and O–H groups in total. The maximum atomic E-state index is 12.4. The van der Waals surface area contributed by atoms with E-state index in [1.807, 2.05) is 62.4 Å². The highest BCUT2D eigenvalue weighted by molar-refractivity contribution is 5.93. The second kappa shape index (κ2) is 10.3. The first kappa shape index (κ1) is 21.1. The second-order valence-electron chi connectivity index (χ2n) is 6.90. The van der Waals surface area contributed by atoms with Crippen molar-refractivity contribution in [2.45, 2.75) is 20.3 Å². The Hall–Kier alpha value is -3.60. The minimum Gasteiger partial charge on any atom is -0.482 e. The van der Waals surface area contributed by atoms with Crippen LogP contribution in [0.2, 0.25) is 0 Å². The molecule has 0 bridgehead atoms. The van der Waals surface area contributed by atoms with Gasteiger partial charge in [0.05, 0.1) is 6.61 Å². The largest absolute Gasteiger partial charge is 0.482 e. The van der Waals surface area contributed by atoms with Gasteiger partial charge in [-0.05, 0) is 43.2 Å². The molecule has 0 saturated heterocycles. The van der Waals surface area contributed by atoms with Crippen LogP contribution in [0.1, 0.15) is 27.0 Å². The zero-order chi connectivity index (χ0) is 21.3. The highest BCUT2D eigenvalue weighted by Crippen LogP contribution is 2.21. The standard InChI is InChI=1S/C25H24O5/c1-18-12-13-22(19(2)16-18)29-17-24(26)30-23-11-7-6-10-21(23)25(27)28-15-14-20-8-4-3-5-9-20/h3-13,16H,14-15,17H2,1-2H3. The molecule has 0 amide bonds. The van der Waals surface area contributed by atoms with Gasteiger partial charge in [0.2, 0.25) is 0 Å². The molecule has 0 aromatic heterocycles. The number of esters is 2. The number of ether oxygens (including phenoxy) is 3. The number of carbonyl (C=O) groups excluding carboxylic acids is 2. The summed E-state index contributed by atoms with van der Waals surface area (Å²) in [4.78, 5) is 24.7. The lowest BCUT2D eigenvalue weighted by molar-refractivity contribution is -0.136. The van der Waals surface area contributed by atoms with E-state index in [1.165, 1.54) is 0 Å². The number of rotatable bonds is 8. The number of carbonyl (C=O) groups is 2. The quantitative estimate of drug-likeness (QED) is 0.403. The third-order valence-corrected chi connectivity index (χ3v) is 4.47. The Morgan fingerprint density at radius 3 is 2.33 bits per heavy atom. The Morgan fingerprint density at radius 2 is 1.57 bits per heavy atom. The lowest BCUT2D eigenvalue weighted by Gasteiger charge is -2.12. The normalized spacial score (nSPS) is 10.3. The van der Waals surface area contributed by atoms with Crippen molar-refractivity contribution in [2.24, 2.45) is 0 Å². The van der Waals surface area contributed by atoms with Crippen LogP contribution in [0.15, 0.2) is 72.8 Å². The van der Waals surface area contributed by atoms with Crippen molar-refractivity contribution in [2.75, 3.05) is 13.2 Å². The van der Waals surface area contributed by atoms with Crippen LogP contribution in [0.25, 0.3) is 0 Å². The number of hydrogen-bond donors (Lipinski definition) is 0. The van der Waals surface area contributed by atoms with E-state index in [2.05, 4.69) is 0 Å². The number of para-hydroxylation sites is 1. The Bertz CT molecular complexity index is 1010. The van der Waals surface area contributed by atoms with E-state index in [-0.39, 0.29) is 24.5 Å². The van der Waals surface area contributed by atoms with E-state index in [0.717, 1.165) is 16.7 Å². The molecule has 0 unspecified atom stereocenters. The van der Waals surface area contributed by atoms with Gasteiger partial charge >= 0.3 is 11.9 Å². The molecule has 154 valence electrons. The van der Waals surface area contributed by atoms with Crippen molar-refractivity contribution >= 4 is 11.9 Å². The fraction of sp³-hybridized carbons (Fsp3) is 0.200. The van der Waals surface area contributed by atoms with Crippen LogP contribution in [0.5, 0.6) is 11.5 Å². The molecule has 0 aliphatic rings. The zero-order valence-electron chi connectivity index (χ0n) is 17.1. The van der Waals surface area contributed by atoms with Crippen LogP contribution < -0.4 is 9.47 Å². The molecule has 0 spiro atoms. The molecule has 0 heterocycles. The molecule has 0 aliphatic carbocycles. The summed E-state index contributed by atoms with van der Waals surface area (Å²) in [5, 5.41) is 0. The van der Waals surface area contributed by atoms with Crippen LogP contribution in [0.3, 0.4) is 0 Å². The molecule has 0 radical (unpaired) electrons. The topological polar surface area (TPSA) is 61.8 Å².